The molecule has 1 amide bonds. The van der Waals surface area contributed by atoms with Crippen LogP contribution < -0.4 is 5.32 Å². The fourth-order valence-corrected chi connectivity index (χ4v) is 6.29. The molecule has 1 N–H and O–H groups in total. The largest absolute Gasteiger partial charge is 0.374 e. The number of carbonyl (C=O) groups is 1. The van der Waals surface area contributed by atoms with Crippen molar-refractivity contribution in [3.05, 3.63) is 45.7 Å². The summed E-state index contributed by atoms with van der Waals surface area (Å²) in [6, 6.07) is 7.15. The standard InChI is InChI=1S/C30H41ClN2O2/c1-18-12-19(13-18)14-24-25(26(31)27(33(24)5)28(34)32-23-8-7-9-23)20-15-21(29(2,3)35-6)17-22(16-20)30(4)10-11-30/h15-19,23H,7-14H2,1-6H3,(H,32,34). The van der Waals surface area contributed by atoms with Gasteiger partial charge in [0, 0.05) is 31.5 Å². The highest BCUT2D eigenvalue weighted by atomic mass is 35.5. The number of methoxy groups -OCH3 is 1. The van der Waals surface area contributed by atoms with Crippen molar-refractivity contribution in [3.63, 3.8) is 0 Å². The maximum atomic E-state index is 13.4. The molecule has 3 aliphatic carbocycles. The van der Waals surface area contributed by atoms with E-state index in [1.54, 1.807) is 7.11 Å². The highest BCUT2D eigenvalue weighted by molar-refractivity contribution is 6.36. The van der Waals surface area contributed by atoms with Gasteiger partial charge in [-0.2, -0.15) is 0 Å². The first-order valence-electron chi connectivity index (χ1n) is 13.4. The van der Waals surface area contributed by atoms with Gasteiger partial charge >= 0.3 is 0 Å². The Kier molecular flexibility index (Phi) is 6.37. The fraction of sp³-hybridized carbons (Fsp3) is 0.633. The van der Waals surface area contributed by atoms with Crippen molar-refractivity contribution in [1.82, 2.24) is 9.88 Å². The Bertz CT molecular complexity index is 1130. The zero-order valence-corrected chi connectivity index (χ0v) is 23.0. The zero-order chi connectivity index (χ0) is 25.1. The topological polar surface area (TPSA) is 43.3 Å². The minimum atomic E-state index is -0.411. The van der Waals surface area contributed by atoms with Gasteiger partial charge in [0.05, 0.1) is 10.6 Å². The molecule has 5 rings (SSSR count). The predicted octanol–water partition coefficient (Wildman–Crippen LogP) is 7.15. The predicted molar refractivity (Wildman–Crippen MR) is 143 cm³/mol. The number of nitrogens with one attached hydrogen (secondary N) is 1. The van der Waals surface area contributed by atoms with Crippen LogP contribution in [0.5, 0.6) is 0 Å². The molecule has 1 heterocycles. The number of halogens is 1. The second-order valence-corrected chi connectivity index (χ2v) is 12.7. The summed E-state index contributed by atoms with van der Waals surface area (Å²) in [6.07, 6.45) is 9.15. The second kappa shape index (κ2) is 8.95. The Labute approximate surface area is 215 Å². The summed E-state index contributed by atoms with van der Waals surface area (Å²) in [7, 11) is 3.79. The normalized spacial score (nSPS) is 23.5. The van der Waals surface area contributed by atoms with Crippen molar-refractivity contribution in [2.45, 2.75) is 96.1 Å². The quantitative estimate of drug-likeness (QED) is 0.421. The van der Waals surface area contributed by atoms with Crippen LogP contribution in [0.4, 0.5) is 0 Å². The average molecular weight is 497 g/mol. The number of ether oxygens (including phenoxy) is 1. The van der Waals surface area contributed by atoms with Crippen LogP contribution in [0.1, 0.15) is 99.9 Å². The average Bonchev–Trinajstić information content (AvgIpc) is 3.47. The summed E-state index contributed by atoms with van der Waals surface area (Å²) in [6.45, 7) is 8.90. The number of carbonyl (C=O) groups excluding carboxylic acids is 1. The molecule has 3 aliphatic rings. The Morgan fingerprint density at radius 1 is 1.23 bits per heavy atom. The number of aromatic nitrogens is 1. The molecule has 0 radical (unpaired) electrons. The van der Waals surface area contributed by atoms with Gasteiger partial charge in [0.25, 0.3) is 5.91 Å². The highest BCUT2D eigenvalue weighted by Gasteiger charge is 2.40. The third kappa shape index (κ3) is 4.57. The molecule has 0 saturated heterocycles. The van der Waals surface area contributed by atoms with Crippen LogP contribution >= 0.6 is 11.6 Å². The lowest BCUT2D eigenvalue weighted by molar-refractivity contribution is 0.0192. The van der Waals surface area contributed by atoms with Crippen LogP contribution in [-0.2, 0) is 29.2 Å². The number of nitrogens with zero attached hydrogens (tertiary/aromatic N) is 1. The van der Waals surface area contributed by atoms with Crippen molar-refractivity contribution in [1.29, 1.82) is 0 Å². The number of rotatable bonds is 8. The molecule has 4 nitrogen and oxygen atoms in total. The number of amides is 1. The Morgan fingerprint density at radius 3 is 2.46 bits per heavy atom. The maximum absolute atomic E-state index is 13.4. The molecule has 0 atom stereocenters. The van der Waals surface area contributed by atoms with E-state index in [4.69, 9.17) is 16.3 Å². The molecule has 1 aromatic heterocycles. The van der Waals surface area contributed by atoms with E-state index in [-0.39, 0.29) is 17.4 Å². The van der Waals surface area contributed by atoms with Crippen LogP contribution in [0, 0.1) is 11.8 Å². The molecule has 3 fully saturated rings. The summed E-state index contributed by atoms with van der Waals surface area (Å²) in [5, 5.41) is 3.81. The van der Waals surface area contributed by atoms with E-state index in [9.17, 15) is 4.79 Å². The van der Waals surface area contributed by atoms with Crippen molar-refractivity contribution in [2.24, 2.45) is 18.9 Å². The highest BCUT2D eigenvalue weighted by Crippen LogP contribution is 2.50. The van der Waals surface area contributed by atoms with Crippen molar-refractivity contribution in [3.8, 4) is 11.1 Å². The summed E-state index contributed by atoms with van der Waals surface area (Å²) < 4.78 is 7.98. The molecule has 0 aliphatic heterocycles. The molecule has 0 bridgehead atoms. The maximum Gasteiger partial charge on any atom is 0.269 e. The van der Waals surface area contributed by atoms with E-state index >= 15 is 0 Å². The molecular weight excluding hydrogens is 456 g/mol. The first-order valence-corrected chi connectivity index (χ1v) is 13.8. The first-order chi connectivity index (χ1) is 16.5. The Morgan fingerprint density at radius 2 is 1.91 bits per heavy atom. The number of benzene rings is 1. The van der Waals surface area contributed by atoms with Crippen molar-refractivity contribution < 1.29 is 9.53 Å². The van der Waals surface area contributed by atoms with Gasteiger partial charge in [-0.3, -0.25) is 4.79 Å². The van der Waals surface area contributed by atoms with Gasteiger partial charge in [0.2, 0.25) is 0 Å². The SMILES string of the molecule is COC(C)(C)c1cc(-c2c(Cl)c(C(=O)NC3CCC3)n(C)c2CC2CC(C)C2)cc(C2(C)CC2)c1. The lowest BCUT2D eigenvalue weighted by atomic mass is 9.73. The molecular formula is C30H41ClN2O2. The zero-order valence-electron chi connectivity index (χ0n) is 22.3. The Hall–Kier alpha value is -1.78. The fourth-order valence-electron chi connectivity index (χ4n) is 5.86. The van der Waals surface area contributed by atoms with Gasteiger partial charge in [-0.15, -0.1) is 0 Å². The minimum absolute atomic E-state index is 0.0422. The van der Waals surface area contributed by atoms with Crippen molar-refractivity contribution in [2.75, 3.05) is 7.11 Å². The second-order valence-electron chi connectivity index (χ2n) is 12.4. The molecule has 0 spiro atoms. The van der Waals surface area contributed by atoms with Gasteiger partial charge in [0.15, 0.2) is 0 Å². The molecule has 190 valence electrons. The summed E-state index contributed by atoms with van der Waals surface area (Å²) in [4.78, 5) is 13.4. The number of hydrogen-bond donors (Lipinski definition) is 1. The molecule has 1 aromatic carbocycles. The molecule has 5 heteroatoms. The van der Waals surface area contributed by atoms with Crippen LogP contribution in [-0.4, -0.2) is 23.6 Å². The van der Waals surface area contributed by atoms with E-state index < -0.39 is 5.60 Å². The minimum Gasteiger partial charge on any atom is -0.374 e. The molecule has 0 unspecified atom stereocenters. The van der Waals surface area contributed by atoms with Crippen LogP contribution in [0.15, 0.2) is 18.2 Å². The molecule has 3 saturated carbocycles. The van der Waals surface area contributed by atoms with Crippen LogP contribution in [0.25, 0.3) is 11.1 Å². The monoisotopic (exact) mass is 496 g/mol. The molecule has 35 heavy (non-hydrogen) atoms. The van der Waals surface area contributed by atoms with Gasteiger partial charge in [-0.05, 0) is 105 Å². The first kappa shape index (κ1) is 24.9. The lowest BCUT2D eigenvalue weighted by Crippen LogP contribution is -2.40. The lowest BCUT2D eigenvalue weighted by Gasteiger charge is -2.33. The van der Waals surface area contributed by atoms with Crippen LogP contribution in [0.2, 0.25) is 5.02 Å². The van der Waals surface area contributed by atoms with E-state index in [0.29, 0.717) is 16.6 Å². The van der Waals surface area contributed by atoms with E-state index in [2.05, 4.69) is 55.8 Å². The van der Waals surface area contributed by atoms with E-state index in [1.807, 2.05) is 7.05 Å². The summed E-state index contributed by atoms with van der Waals surface area (Å²) in [5.74, 6) is 1.39. The van der Waals surface area contributed by atoms with Crippen molar-refractivity contribution >= 4 is 17.5 Å². The summed E-state index contributed by atoms with van der Waals surface area (Å²) >= 11 is 7.15. The Balaban J connectivity index is 1.64. The van der Waals surface area contributed by atoms with E-state index in [0.717, 1.165) is 41.9 Å². The van der Waals surface area contributed by atoms with Gasteiger partial charge in [-0.1, -0.05) is 37.6 Å². The molecule has 2 aromatic rings. The number of hydrogen-bond acceptors (Lipinski definition) is 2. The van der Waals surface area contributed by atoms with E-state index in [1.165, 1.54) is 43.4 Å². The van der Waals surface area contributed by atoms with Gasteiger partial charge in [0.1, 0.15) is 5.69 Å². The van der Waals surface area contributed by atoms with Gasteiger partial charge < -0.3 is 14.6 Å². The third-order valence-electron chi connectivity index (χ3n) is 9.19. The smallest absolute Gasteiger partial charge is 0.269 e. The van der Waals surface area contributed by atoms with Crippen LogP contribution in [0.3, 0.4) is 0 Å². The van der Waals surface area contributed by atoms with Gasteiger partial charge in [-0.25, -0.2) is 0 Å². The summed E-state index contributed by atoms with van der Waals surface area (Å²) in [5.41, 5.74) is 6.24. The third-order valence-corrected chi connectivity index (χ3v) is 9.56.